The van der Waals surface area contributed by atoms with E-state index in [0.29, 0.717) is 21.7 Å². The van der Waals surface area contributed by atoms with Crippen LogP contribution in [-0.2, 0) is 9.59 Å². The van der Waals surface area contributed by atoms with Gasteiger partial charge in [-0.1, -0.05) is 30.1 Å². The van der Waals surface area contributed by atoms with Gasteiger partial charge in [-0.15, -0.1) is 0 Å². The number of carbonyl (C=O) groups is 2. The number of anilines is 1. The number of amides is 2. The van der Waals surface area contributed by atoms with Crippen molar-refractivity contribution in [3.8, 4) is 0 Å². The molecule has 1 unspecified atom stereocenters. The Morgan fingerprint density at radius 2 is 2.00 bits per heavy atom. The molecule has 0 saturated heterocycles. The Kier molecular flexibility index (Phi) is 7.06. The first-order valence-electron chi connectivity index (χ1n) is 8.03. The van der Waals surface area contributed by atoms with E-state index in [1.807, 2.05) is 0 Å². The summed E-state index contributed by atoms with van der Waals surface area (Å²) < 4.78 is 0. The van der Waals surface area contributed by atoms with Crippen molar-refractivity contribution in [1.82, 2.24) is 5.43 Å². The largest absolute Gasteiger partial charge is 0.325 e. The van der Waals surface area contributed by atoms with Gasteiger partial charge in [0.15, 0.2) is 0 Å². The van der Waals surface area contributed by atoms with Crippen LogP contribution in [0.3, 0.4) is 0 Å². The summed E-state index contributed by atoms with van der Waals surface area (Å²) in [6.07, 6.45) is 4.31. The second kappa shape index (κ2) is 9.04. The van der Waals surface area contributed by atoms with Gasteiger partial charge in [-0.2, -0.15) is 5.10 Å². The SMILES string of the molecule is CC1CCCC(=NNC(=O)CCC(=O)Nc2ccc(Cl)cc2Cl)C1. The fraction of sp³-hybridized carbons (Fsp3) is 0.471. The Bertz CT molecular complexity index is 647. The molecule has 1 aromatic carbocycles. The molecular formula is C17H21Cl2N3O2. The van der Waals surface area contributed by atoms with Gasteiger partial charge in [0.2, 0.25) is 11.8 Å². The first kappa shape index (κ1) is 18.7. The van der Waals surface area contributed by atoms with Crippen LogP contribution < -0.4 is 10.7 Å². The summed E-state index contributed by atoms with van der Waals surface area (Å²) in [6, 6.07) is 4.81. The monoisotopic (exact) mass is 369 g/mol. The van der Waals surface area contributed by atoms with Crippen LogP contribution in [0.2, 0.25) is 10.0 Å². The molecule has 0 aromatic heterocycles. The van der Waals surface area contributed by atoms with Gasteiger partial charge >= 0.3 is 0 Å². The number of hydrazone groups is 1. The summed E-state index contributed by atoms with van der Waals surface area (Å²) in [5.41, 5.74) is 4.04. The lowest BCUT2D eigenvalue weighted by atomic mass is 9.89. The van der Waals surface area contributed by atoms with Crippen molar-refractivity contribution < 1.29 is 9.59 Å². The molecule has 1 fully saturated rings. The van der Waals surface area contributed by atoms with Crippen LogP contribution in [-0.4, -0.2) is 17.5 Å². The Balaban J connectivity index is 1.75. The number of rotatable bonds is 5. The van der Waals surface area contributed by atoms with Gasteiger partial charge in [-0.05, 0) is 49.8 Å². The van der Waals surface area contributed by atoms with E-state index in [-0.39, 0.29) is 24.7 Å². The van der Waals surface area contributed by atoms with Crippen LogP contribution in [0, 0.1) is 5.92 Å². The molecular weight excluding hydrogens is 349 g/mol. The number of hydrogen-bond donors (Lipinski definition) is 2. The Morgan fingerprint density at radius 1 is 1.25 bits per heavy atom. The first-order valence-corrected chi connectivity index (χ1v) is 8.79. The molecule has 2 rings (SSSR count). The zero-order chi connectivity index (χ0) is 17.5. The molecule has 5 nitrogen and oxygen atoms in total. The lowest BCUT2D eigenvalue weighted by Gasteiger charge is -2.18. The van der Waals surface area contributed by atoms with Crippen LogP contribution in [0.25, 0.3) is 0 Å². The van der Waals surface area contributed by atoms with Crippen molar-refractivity contribution in [2.24, 2.45) is 11.0 Å². The number of benzene rings is 1. The van der Waals surface area contributed by atoms with Gasteiger partial charge in [0.1, 0.15) is 0 Å². The highest BCUT2D eigenvalue weighted by atomic mass is 35.5. The van der Waals surface area contributed by atoms with E-state index in [1.54, 1.807) is 18.2 Å². The normalized spacial score (nSPS) is 19.1. The maximum atomic E-state index is 11.9. The summed E-state index contributed by atoms with van der Waals surface area (Å²) >= 11 is 11.8. The van der Waals surface area contributed by atoms with Gasteiger partial charge in [0.05, 0.1) is 10.7 Å². The molecule has 2 N–H and O–H groups in total. The molecule has 1 aromatic rings. The lowest BCUT2D eigenvalue weighted by Crippen LogP contribution is -2.23. The Labute approximate surface area is 151 Å². The van der Waals surface area contributed by atoms with E-state index in [2.05, 4.69) is 22.8 Å². The van der Waals surface area contributed by atoms with Crippen molar-refractivity contribution >= 4 is 46.4 Å². The summed E-state index contributed by atoms with van der Waals surface area (Å²) in [7, 11) is 0. The molecule has 1 aliphatic carbocycles. The van der Waals surface area contributed by atoms with Crippen molar-refractivity contribution in [3.63, 3.8) is 0 Å². The minimum absolute atomic E-state index is 0.0616. The Morgan fingerprint density at radius 3 is 2.71 bits per heavy atom. The minimum atomic E-state index is -0.284. The van der Waals surface area contributed by atoms with E-state index in [9.17, 15) is 9.59 Å². The van der Waals surface area contributed by atoms with E-state index in [0.717, 1.165) is 25.0 Å². The number of hydrogen-bond acceptors (Lipinski definition) is 3. The molecule has 0 aliphatic heterocycles. The van der Waals surface area contributed by atoms with E-state index >= 15 is 0 Å². The summed E-state index contributed by atoms with van der Waals surface area (Å²) in [5, 5.41) is 7.68. The molecule has 0 heterocycles. The fourth-order valence-corrected chi connectivity index (χ4v) is 3.05. The van der Waals surface area contributed by atoms with Crippen molar-refractivity contribution in [2.75, 3.05) is 5.32 Å². The quantitative estimate of drug-likeness (QED) is 0.755. The van der Waals surface area contributed by atoms with E-state index < -0.39 is 0 Å². The van der Waals surface area contributed by atoms with Gasteiger partial charge in [0.25, 0.3) is 0 Å². The molecule has 0 spiro atoms. The van der Waals surface area contributed by atoms with Gasteiger partial charge < -0.3 is 5.32 Å². The molecule has 2 amide bonds. The number of halogens is 2. The first-order chi connectivity index (χ1) is 11.4. The lowest BCUT2D eigenvalue weighted by molar-refractivity contribution is -0.124. The van der Waals surface area contributed by atoms with Crippen molar-refractivity contribution in [2.45, 2.75) is 45.4 Å². The molecule has 0 radical (unpaired) electrons. The van der Waals surface area contributed by atoms with Gasteiger partial charge in [0, 0.05) is 23.6 Å². The molecule has 0 bridgehead atoms. The highest BCUT2D eigenvalue weighted by molar-refractivity contribution is 6.36. The topological polar surface area (TPSA) is 70.6 Å². The summed E-state index contributed by atoms with van der Waals surface area (Å²) in [6.45, 7) is 2.18. The number of carbonyl (C=O) groups excluding carboxylic acids is 2. The third-order valence-electron chi connectivity index (χ3n) is 3.87. The van der Waals surface area contributed by atoms with Crippen LogP contribution in [0.1, 0.15) is 45.4 Å². The molecule has 1 atom stereocenters. The third-order valence-corrected chi connectivity index (χ3v) is 4.42. The van der Waals surface area contributed by atoms with Crippen LogP contribution >= 0.6 is 23.2 Å². The highest BCUT2D eigenvalue weighted by Crippen LogP contribution is 2.25. The standard InChI is InChI=1S/C17H21Cl2N3O2/c1-11-3-2-4-13(9-11)21-22-17(24)8-7-16(23)20-15-6-5-12(18)10-14(15)19/h5-6,10-11H,2-4,7-9H2,1H3,(H,20,23)(H,22,24). The maximum absolute atomic E-state index is 11.9. The van der Waals surface area contributed by atoms with Crippen LogP contribution in [0.15, 0.2) is 23.3 Å². The van der Waals surface area contributed by atoms with Crippen LogP contribution in [0.4, 0.5) is 5.69 Å². The third kappa shape index (κ3) is 6.13. The minimum Gasteiger partial charge on any atom is -0.325 e. The number of nitrogens with zero attached hydrogens (tertiary/aromatic N) is 1. The smallest absolute Gasteiger partial charge is 0.240 e. The van der Waals surface area contributed by atoms with Crippen LogP contribution in [0.5, 0.6) is 0 Å². The molecule has 24 heavy (non-hydrogen) atoms. The summed E-state index contributed by atoms with van der Waals surface area (Å²) in [4.78, 5) is 23.7. The fourth-order valence-electron chi connectivity index (χ4n) is 2.59. The summed E-state index contributed by atoms with van der Waals surface area (Å²) in [5.74, 6) is 0.0655. The van der Waals surface area contributed by atoms with E-state index in [1.165, 1.54) is 6.42 Å². The van der Waals surface area contributed by atoms with E-state index in [4.69, 9.17) is 23.2 Å². The van der Waals surface area contributed by atoms with Gasteiger partial charge in [-0.3, -0.25) is 9.59 Å². The second-order valence-electron chi connectivity index (χ2n) is 6.09. The zero-order valence-electron chi connectivity index (χ0n) is 13.6. The molecule has 1 aliphatic rings. The van der Waals surface area contributed by atoms with Gasteiger partial charge in [-0.25, -0.2) is 5.43 Å². The average molecular weight is 370 g/mol. The predicted molar refractivity (Wildman–Crippen MR) is 97.5 cm³/mol. The molecule has 130 valence electrons. The zero-order valence-corrected chi connectivity index (χ0v) is 15.1. The predicted octanol–water partition coefficient (Wildman–Crippen LogP) is 4.39. The number of nitrogens with one attached hydrogen (secondary N) is 2. The second-order valence-corrected chi connectivity index (χ2v) is 6.93. The Hall–Kier alpha value is -1.59. The average Bonchev–Trinajstić information content (AvgIpc) is 2.54. The molecule has 7 heteroatoms. The van der Waals surface area contributed by atoms with Crippen molar-refractivity contribution in [1.29, 1.82) is 0 Å². The highest BCUT2D eigenvalue weighted by Gasteiger charge is 2.14. The maximum Gasteiger partial charge on any atom is 0.240 e. The molecule has 1 saturated carbocycles. The van der Waals surface area contributed by atoms with Crippen molar-refractivity contribution in [3.05, 3.63) is 28.2 Å².